The van der Waals surface area contributed by atoms with E-state index in [9.17, 15) is 9.59 Å². The minimum Gasteiger partial charge on any atom is -0.495 e. The van der Waals surface area contributed by atoms with Crippen LogP contribution in [0.3, 0.4) is 0 Å². The zero-order valence-electron chi connectivity index (χ0n) is 17.1. The molecule has 3 aromatic rings. The number of ether oxygens (including phenoxy) is 1. The molecule has 5 nitrogen and oxygen atoms in total. The highest BCUT2D eigenvalue weighted by Crippen LogP contribution is 2.48. The maximum atomic E-state index is 13.7. The highest BCUT2D eigenvalue weighted by atomic mass is 32.1. The van der Waals surface area contributed by atoms with Gasteiger partial charge in [-0.05, 0) is 35.0 Å². The van der Waals surface area contributed by atoms with Gasteiger partial charge in [0.05, 0.1) is 24.9 Å². The van der Waals surface area contributed by atoms with Gasteiger partial charge >= 0.3 is 6.03 Å². The van der Waals surface area contributed by atoms with Crippen LogP contribution >= 0.6 is 22.7 Å². The number of hydrogen-bond donors (Lipinski definition) is 1. The number of nitrogens with one attached hydrogen (secondary N) is 1. The topological polar surface area (TPSA) is 58.6 Å². The molecule has 2 amide bonds. The quantitative estimate of drug-likeness (QED) is 0.542. The summed E-state index contributed by atoms with van der Waals surface area (Å²) in [5.74, 6) is 0.199. The second-order valence-electron chi connectivity index (χ2n) is 7.44. The van der Waals surface area contributed by atoms with Gasteiger partial charge in [0.25, 0.3) is 0 Å². The van der Waals surface area contributed by atoms with E-state index in [-0.39, 0.29) is 35.7 Å². The van der Waals surface area contributed by atoms with Crippen molar-refractivity contribution >= 4 is 40.2 Å². The number of ketones is 1. The van der Waals surface area contributed by atoms with E-state index in [1.807, 2.05) is 78.0 Å². The van der Waals surface area contributed by atoms with E-state index in [1.165, 1.54) is 0 Å². The average molecular weight is 441 g/mol. The van der Waals surface area contributed by atoms with Crippen LogP contribution in [-0.2, 0) is 4.79 Å². The van der Waals surface area contributed by atoms with Gasteiger partial charge in [-0.25, -0.2) is 4.79 Å². The van der Waals surface area contributed by atoms with Gasteiger partial charge in [0.2, 0.25) is 0 Å². The van der Waals surface area contributed by atoms with Crippen molar-refractivity contribution in [2.24, 2.45) is 11.8 Å². The first-order valence-corrected chi connectivity index (χ1v) is 11.6. The van der Waals surface area contributed by atoms with Crippen molar-refractivity contribution in [2.75, 3.05) is 12.4 Å². The highest BCUT2D eigenvalue weighted by Gasteiger charge is 2.49. The number of amides is 2. The lowest BCUT2D eigenvalue weighted by molar-refractivity contribution is -0.135. The Kier molecular flexibility index (Phi) is 5.92. The number of hydrogen-bond acceptors (Lipinski definition) is 5. The third-order valence-electron chi connectivity index (χ3n) is 5.70. The Hall–Kier alpha value is -2.64. The summed E-state index contributed by atoms with van der Waals surface area (Å²) in [6.45, 7) is 3.86. The van der Waals surface area contributed by atoms with Crippen LogP contribution in [0.1, 0.15) is 35.7 Å². The molecule has 1 saturated heterocycles. The number of benzene rings is 1. The largest absolute Gasteiger partial charge is 0.495 e. The van der Waals surface area contributed by atoms with Gasteiger partial charge in [0.1, 0.15) is 11.5 Å². The lowest BCUT2D eigenvalue weighted by atomic mass is 9.78. The molecule has 1 aliphatic rings. The number of rotatable bonds is 4. The molecule has 0 saturated carbocycles. The van der Waals surface area contributed by atoms with Crippen molar-refractivity contribution in [1.29, 1.82) is 0 Å². The van der Waals surface area contributed by atoms with Crippen molar-refractivity contribution < 1.29 is 14.3 Å². The molecule has 0 aliphatic carbocycles. The summed E-state index contributed by atoms with van der Waals surface area (Å²) in [7, 11) is 1.58. The van der Waals surface area contributed by atoms with Crippen molar-refractivity contribution in [2.45, 2.75) is 25.9 Å². The first-order valence-electron chi connectivity index (χ1n) is 9.85. The molecular weight excluding hydrogens is 416 g/mol. The Bertz CT molecular complexity index is 967. The first kappa shape index (κ1) is 20.6. The van der Waals surface area contributed by atoms with E-state index in [1.54, 1.807) is 29.8 Å². The Labute approximate surface area is 184 Å². The van der Waals surface area contributed by atoms with Crippen molar-refractivity contribution in [1.82, 2.24) is 4.90 Å². The van der Waals surface area contributed by atoms with Crippen molar-refractivity contribution in [3.63, 3.8) is 0 Å². The third-order valence-corrected chi connectivity index (χ3v) is 7.58. The lowest BCUT2D eigenvalue weighted by Crippen LogP contribution is -2.52. The van der Waals surface area contributed by atoms with Crippen LogP contribution in [0.2, 0.25) is 0 Å². The molecule has 0 radical (unpaired) electrons. The Morgan fingerprint density at radius 2 is 1.50 bits per heavy atom. The van der Waals surface area contributed by atoms with Crippen molar-refractivity contribution in [3.05, 3.63) is 69.0 Å². The van der Waals surface area contributed by atoms with Gasteiger partial charge < -0.3 is 15.0 Å². The second-order valence-corrected chi connectivity index (χ2v) is 9.40. The highest BCUT2D eigenvalue weighted by molar-refractivity contribution is 7.10. The molecule has 1 aromatic carbocycles. The summed E-state index contributed by atoms with van der Waals surface area (Å²) in [6.07, 6.45) is 0. The Morgan fingerprint density at radius 1 is 0.933 bits per heavy atom. The van der Waals surface area contributed by atoms with E-state index in [0.717, 1.165) is 9.75 Å². The van der Waals surface area contributed by atoms with Gasteiger partial charge in [-0.2, -0.15) is 0 Å². The van der Waals surface area contributed by atoms with Gasteiger partial charge in [-0.15, -0.1) is 22.7 Å². The van der Waals surface area contributed by atoms with Crippen LogP contribution in [0.4, 0.5) is 10.5 Å². The number of likely N-dealkylation sites (tertiary alicyclic amines) is 1. The molecule has 4 rings (SSSR count). The van der Waals surface area contributed by atoms with Crippen LogP contribution in [0, 0.1) is 11.8 Å². The van der Waals surface area contributed by atoms with E-state index < -0.39 is 0 Å². The average Bonchev–Trinajstić information content (AvgIpc) is 3.46. The van der Waals surface area contributed by atoms with Crippen LogP contribution in [-0.4, -0.2) is 23.8 Å². The number of Topliss-reactive ketones (excluding diaryl/α,β-unsaturated/α-hetero) is 1. The van der Waals surface area contributed by atoms with Gasteiger partial charge in [0.15, 0.2) is 0 Å². The molecule has 1 aliphatic heterocycles. The minimum absolute atomic E-state index is 0.188. The van der Waals surface area contributed by atoms with Gasteiger partial charge in [-0.3, -0.25) is 4.79 Å². The first-order chi connectivity index (χ1) is 14.5. The SMILES string of the molecule is COc1ccccc1NC(=O)N1[C@H](c2cccs2)[C@@H](C)C(=O)[C@@H](C)[C@@H]1c1cccs1. The monoisotopic (exact) mass is 440 g/mol. The van der Waals surface area contributed by atoms with Crippen molar-refractivity contribution in [3.8, 4) is 5.75 Å². The number of thiophene rings is 2. The summed E-state index contributed by atoms with van der Waals surface area (Å²) >= 11 is 3.15. The van der Waals surface area contributed by atoms with E-state index >= 15 is 0 Å². The lowest BCUT2D eigenvalue weighted by Gasteiger charge is -2.47. The number of anilines is 1. The molecule has 4 atom stereocenters. The van der Waals surface area contributed by atoms with Gasteiger partial charge in [-0.1, -0.05) is 38.1 Å². The normalized spacial score (nSPS) is 24.0. The Morgan fingerprint density at radius 3 is 2.00 bits per heavy atom. The number of urea groups is 1. The zero-order valence-corrected chi connectivity index (χ0v) is 18.7. The van der Waals surface area contributed by atoms with E-state index in [0.29, 0.717) is 11.4 Å². The predicted octanol–water partition coefficient (Wildman–Crippen LogP) is 5.99. The fourth-order valence-electron chi connectivity index (χ4n) is 4.25. The predicted molar refractivity (Wildman–Crippen MR) is 121 cm³/mol. The summed E-state index contributed by atoms with van der Waals surface area (Å²) in [4.78, 5) is 30.8. The number of methoxy groups -OCH3 is 1. The van der Waals surface area contributed by atoms with Crippen LogP contribution in [0.15, 0.2) is 59.3 Å². The number of piperidine rings is 1. The third kappa shape index (κ3) is 3.63. The molecule has 2 aromatic heterocycles. The fraction of sp³-hybridized carbons (Fsp3) is 0.304. The van der Waals surface area contributed by atoms with Crippen LogP contribution < -0.4 is 10.1 Å². The summed E-state index contributed by atoms with van der Waals surface area (Å²) < 4.78 is 5.41. The minimum atomic E-state index is -0.324. The summed E-state index contributed by atoms with van der Waals surface area (Å²) in [6, 6.07) is 14.4. The summed E-state index contributed by atoms with van der Waals surface area (Å²) in [5.41, 5.74) is 0.608. The standard InChI is InChI=1S/C23H24N2O3S2/c1-14-20(18-10-6-12-29-18)25(21(15(2)22(14)26)19-11-7-13-30-19)23(27)24-16-8-4-5-9-17(16)28-3/h4-15,20-21H,1-3H3,(H,24,27)/t14-,15+,20+,21-. The maximum Gasteiger partial charge on any atom is 0.323 e. The molecule has 0 spiro atoms. The molecule has 0 bridgehead atoms. The number of carbonyl (C=O) groups excluding carboxylic acids is 2. The molecule has 156 valence electrons. The zero-order chi connectivity index (χ0) is 21.3. The number of carbonyl (C=O) groups is 2. The number of para-hydroxylation sites is 2. The maximum absolute atomic E-state index is 13.7. The molecular formula is C23H24N2O3S2. The van der Waals surface area contributed by atoms with E-state index in [4.69, 9.17) is 4.74 Å². The molecule has 3 heterocycles. The van der Waals surface area contributed by atoms with Crippen LogP contribution in [0.25, 0.3) is 0 Å². The molecule has 0 unspecified atom stereocenters. The van der Waals surface area contributed by atoms with Gasteiger partial charge in [0, 0.05) is 21.6 Å². The molecule has 30 heavy (non-hydrogen) atoms. The molecule has 1 N–H and O–H groups in total. The van der Waals surface area contributed by atoms with E-state index in [2.05, 4.69) is 5.32 Å². The molecule has 1 fully saturated rings. The smallest absolute Gasteiger partial charge is 0.323 e. The fourth-order valence-corrected chi connectivity index (χ4v) is 6.10. The second kappa shape index (κ2) is 8.62. The summed E-state index contributed by atoms with van der Waals surface area (Å²) in [5, 5.41) is 7.01. The number of nitrogens with zero attached hydrogens (tertiary/aromatic N) is 1. The molecule has 7 heteroatoms. The Balaban J connectivity index is 1.79. The van der Waals surface area contributed by atoms with Crippen LogP contribution in [0.5, 0.6) is 5.75 Å².